The first-order valence-corrected chi connectivity index (χ1v) is 8.54. The minimum absolute atomic E-state index is 0.448. The van der Waals surface area contributed by atoms with Crippen LogP contribution in [0.4, 0.5) is 14.5 Å². The van der Waals surface area contributed by atoms with E-state index in [4.69, 9.17) is 0 Å². The van der Waals surface area contributed by atoms with Gasteiger partial charge in [-0.2, -0.15) is 0 Å². The quantitative estimate of drug-likeness (QED) is 0.925. The van der Waals surface area contributed by atoms with Crippen LogP contribution in [-0.2, 0) is 0 Å². The number of piperidine rings is 3. The molecule has 1 N–H and O–H groups in total. The molecule has 1 aromatic carbocycles. The van der Waals surface area contributed by atoms with Crippen LogP contribution in [0.2, 0.25) is 0 Å². The van der Waals surface area contributed by atoms with Gasteiger partial charge in [0.2, 0.25) is 0 Å². The molecule has 2 bridgehead atoms. The largest absolute Gasteiger partial charge is 0.379 e. The van der Waals surface area contributed by atoms with Crippen molar-refractivity contribution >= 4 is 5.69 Å². The molecule has 3 aliphatic rings. The molecular formula is C19H21F2N3. The average Bonchev–Trinajstić information content (AvgIpc) is 2.61. The fraction of sp³-hybridized carbons (Fsp3) is 0.421. The van der Waals surface area contributed by atoms with Crippen LogP contribution in [0.3, 0.4) is 0 Å². The molecule has 3 aliphatic heterocycles. The lowest BCUT2D eigenvalue weighted by Crippen LogP contribution is -2.59. The van der Waals surface area contributed by atoms with Gasteiger partial charge in [-0.3, -0.25) is 9.88 Å². The number of pyridine rings is 1. The minimum atomic E-state index is -0.849. The van der Waals surface area contributed by atoms with Crippen LogP contribution < -0.4 is 5.32 Å². The van der Waals surface area contributed by atoms with Crippen molar-refractivity contribution < 1.29 is 8.78 Å². The first-order chi connectivity index (χ1) is 11.6. The van der Waals surface area contributed by atoms with Gasteiger partial charge in [-0.25, -0.2) is 8.78 Å². The van der Waals surface area contributed by atoms with E-state index in [1.807, 2.05) is 12.1 Å². The minimum Gasteiger partial charge on any atom is -0.379 e. The summed E-state index contributed by atoms with van der Waals surface area (Å²) in [6, 6.07) is 8.65. The van der Waals surface area contributed by atoms with Crippen molar-refractivity contribution in [2.75, 3.05) is 18.4 Å². The molecule has 0 saturated carbocycles. The number of fused-ring (bicyclic) bond motifs is 3. The van der Waals surface area contributed by atoms with Gasteiger partial charge in [0.25, 0.3) is 0 Å². The fourth-order valence-corrected chi connectivity index (χ4v) is 4.04. The smallest absolute Gasteiger partial charge is 0.159 e. The monoisotopic (exact) mass is 329 g/mol. The number of rotatable bonds is 3. The summed E-state index contributed by atoms with van der Waals surface area (Å²) in [5.74, 6) is -0.971. The van der Waals surface area contributed by atoms with Gasteiger partial charge in [-0.15, -0.1) is 0 Å². The molecule has 0 radical (unpaired) electrons. The van der Waals surface area contributed by atoms with E-state index >= 15 is 0 Å². The molecular weight excluding hydrogens is 308 g/mol. The van der Waals surface area contributed by atoms with Crippen molar-refractivity contribution in [3.63, 3.8) is 0 Å². The van der Waals surface area contributed by atoms with Crippen molar-refractivity contribution in [1.82, 2.24) is 9.88 Å². The molecule has 1 aromatic heterocycles. The first kappa shape index (κ1) is 15.5. The maximum Gasteiger partial charge on any atom is 0.159 e. The van der Waals surface area contributed by atoms with E-state index in [9.17, 15) is 8.78 Å². The fourth-order valence-electron chi connectivity index (χ4n) is 4.04. The molecule has 3 nitrogen and oxygen atoms in total. The van der Waals surface area contributed by atoms with Gasteiger partial charge in [0, 0.05) is 17.6 Å². The number of aromatic nitrogens is 1. The lowest BCUT2D eigenvalue weighted by atomic mass is 9.79. The average molecular weight is 329 g/mol. The molecule has 24 heavy (non-hydrogen) atoms. The lowest BCUT2D eigenvalue weighted by Gasteiger charge is -2.50. The topological polar surface area (TPSA) is 28.2 Å². The molecule has 2 aromatic rings. The van der Waals surface area contributed by atoms with Gasteiger partial charge < -0.3 is 5.32 Å². The highest BCUT2D eigenvalue weighted by atomic mass is 19.2. The van der Waals surface area contributed by atoms with Crippen LogP contribution in [-0.4, -0.2) is 35.1 Å². The van der Waals surface area contributed by atoms with Gasteiger partial charge in [0.1, 0.15) is 0 Å². The predicted octanol–water partition coefficient (Wildman–Crippen LogP) is 3.92. The highest BCUT2D eigenvalue weighted by Crippen LogP contribution is 2.34. The highest BCUT2D eigenvalue weighted by Gasteiger charge is 2.39. The van der Waals surface area contributed by atoms with E-state index in [1.165, 1.54) is 32.0 Å². The third-order valence-electron chi connectivity index (χ3n) is 5.49. The van der Waals surface area contributed by atoms with Gasteiger partial charge in [-0.05, 0) is 69.1 Å². The predicted molar refractivity (Wildman–Crippen MR) is 90.8 cm³/mol. The third kappa shape index (κ3) is 2.77. The summed E-state index contributed by atoms with van der Waals surface area (Å²) in [5, 5.41) is 3.62. The molecule has 3 saturated heterocycles. The van der Waals surface area contributed by atoms with E-state index < -0.39 is 11.6 Å². The Balaban J connectivity index is 1.50. The van der Waals surface area contributed by atoms with E-state index in [2.05, 4.69) is 22.1 Å². The number of anilines is 1. The molecule has 2 unspecified atom stereocenters. The molecule has 4 heterocycles. The number of hydrogen-bond donors (Lipinski definition) is 1. The zero-order valence-corrected chi connectivity index (χ0v) is 13.7. The van der Waals surface area contributed by atoms with Gasteiger partial charge in [0.05, 0.1) is 17.6 Å². The van der Waals surface area contributed by atoms with Crippen molar-refractivity contribution in [3.05, 3.63) is 48.2 Å². The second kappa shape index (κ2) is 6.13. The summed E-state index contributed by atoms with van der Waals surface area (Å²) in [4.78, 5) is 6.95. The number of nitrogens with one attached hydrogen (secondary N) is 1. The summed E-state index contributed by atoms with van der Waals surface area (Å²) >= 11 is 0. The summed E-state index contributed by atoms with van der Waals surface area (Å²) in [6.45, 7) is 4.70. The van der Waals surface area contributed by atoms with E-state index in [0.717, 1.165) is 17.7 Å². The number of hydrogen-bond acceptors (Lipinski definition) is 3. The summed E-state index contributed by atoms with van der Waals surface area (Å²) < 4.78 is 26.4. The highest BCUT2D eigenvalue weighted by molar-refractivity contribution is 5.61. The Morgan fingerprint density at radius 3 is 2.50 bits per heavy atom. The van der Waals surface area contributed by atoms with Crippen molar-refractivity contribution in [1.29, 1.82) is 0 Å². The number of benzene rings is 1. The zero-order valence-electron chi connectivity index (χ0n) is 13.7. The Morgan fingerprint density at radius 2 is 1.88 bits per heavy atom. The Morgan fingerprint density at radius 1 is 1.08 bits per heavy atom. The van der Waals surface area contributed by atoms with Crippen LogP contribution >= 0.6 is 0 Å². The molecule has 0 spiro atoms. The summed E-state index contributed by atoms with van der Waals surface area (Å²) in [5.41, 5.74) is 2.20. The first-order valence-electron chi connectivity index (χ1n) is 8.54. The van der Waals surface area contributed by atoms with Crippen molar-refractivity contribution in [2.24, 2.45) is 5.92 Å². The molecule has 5 rings (SSSR count). The van der Waals surface area contributed by atoms with Crippen LogP contribution in [0.5, 0.6) is 0 Å². The molecule has 126 valence electrons. The molecule has 3 fully saturated rings. The second-order valence-electron chi connectivity index (χ2n) is 6.85. The number of halogens is 2. The van der Waals surface area contributed by atoms with Crippen LogP contribution in [0.15, 0.2) is 36.5 Å². The standard InChI is InChI=1S/C19H21F2N3/c1-12-19(13-6-8-24(12)9-7-13)23-15-3-5-18(22-11-15)14-2-4-16(20)17(21)10-14/h2-5,10-13,19,23H,6-9H2,1H3. The van der Waals surface area contributed by atoms with Crippen molar-refractivity contribution in [3.8, 4) is 11.3 Å². The Bertz CT molecular complexity index is 722. The molecule has 2 atom stereocenters. The van der Waals surface area contributed by atoms with E-state index in [1.54, 1.807) is 12.3 Å². The van der Waals surface area contributed by atoms with Crippen LogP contribution in [0.25, 0.3) is 11.3 Å². The molecule has 5 heteroatoms. The van der Waals surface area contributed by atoms with E-state index in [0.29, 0.717) is 23.3 Å². The summed E-state index contributed by atoms with van der Waals surface area (Å²) in [7, 11) is 0. The summed E-state index contributed by atoms with van der Waals surface area (Å²) in [6.07, 6.45) is 4.28. The van der Waals surface area contributed by atoms with E-state index in [-0.39, 0.29) is 0 Å². The van der Waals surface area contributed by atoms with Crippen LogP contribution in [0.1, 0.15) is 19.8 Å². The van der Waals surface area contributed by atoms with Gasteiger partial charge in [0.15, 0.2) is 11.6 Å². The molecule has 0 aliphatic carbocycles. The van der Waals surface area contributed by atoms with Gasteiger partial charge in [-0.1, -0.05) is 0 Å². The number of nitrogens with zero attached hydrogens (tertiary/aromatic N) is 2. The third-order valence-corrected chi connectivity index (χ3v) is 5.49. The molecule has 0 amide bonds. The second-order valence-corrected chi connectivity index (χ2v) is 6.85. The zero-order chi connectivity index (χ0) is 16.7. The normalized spacial score (nSPS) is 28.8. The van der Waals surface area contributed by atoms with Crippen molar-refractivity contribution in [2.45, 2.75) is 31.8 Å². The Hall–Kier alpha value is -2.01. The van der Waals surface area contributed by atoms with Crippen LogP contribution in [0, 0.1) is 17.6 Å². The van der Waals surface area contributed by atoms with Gasteiger partial charge >= 0.3 is 0 Å². The maximum absolute atomic E-state index is 13.4. The lowest BCUT2D eigenvalue weighted by molar-refractivity contribution is 0.0458. The SMILES string of the molecule is CC1C(Nc2ccc(-c3ccc(F)c(F)c3)nc2)C2CCN1CC2. The maximum atomic E-state index is 13.4. The Labute approximate surface area is 140 Å². The Kier molecular flexibility index (Phi) is 3.96.